The highest BCUT2D eigenvalue weighted by atomic mass is 16.3. The number of hydrogen-bond donors (Lipinski definition) is 3. The molecule has 0 spiro atoms. The Kier molecular flexibility index (Phi) is 5.03. The second kappa shape index (κ2) is 5.83. The van der Waals surface area contributed by atoms with Gasteiger partial charge in [-0.1, -0.05) is 6.42 Å². The Morgan fingerprint density at radius 2 is 1.93 bits per heavy atom. The van der Waals surface area contributed by atoms with E-state index in [1.807, 2.05) is 13.8 Å². The van der Waals surface area contributed by atoms with Gasteiger partial charge in [0.2, 0.25) is 0 Å². The average molecular weight is 215 g/mol. The molecule has 3 N–H and O–H groups in total. The van der Waals surface area contributed by atoms with Crippen LogP contribution in [0.25, 0.3) is 0 Å². The van der Waals surface area contributed by atoms with Crippen molar-refractivity contribution in [2.45, 2.75) is 45.1 Å². The molecule has 90 valence electrons. The summed E-state index contributed by atoms with van der Waals surface area (Å²) in [4.78, 5) is 0. The maximum absolute atomic E-state index is 9.53. The van der Waals surface area contributed by atoms with E-state index in [2.05, 4.69) is 5.32 Å². The fourth-order valence-corrected chi connectivity index (χ4v) is 2.30. The molecule has 3 nitrogen and oxygen atoms in total. The van der Waals surface area contributed by atoms with Crippen LogP contribution < -0.4 is 5.32 Å². The third-order valence-corrected chi connectivity index (χ3v) is 3.37. The fraction of sp³-hybridized carbons (Fsp3) is 1.00. The SMILES string of the molecule is CC(C)(O)CCNCC1CCCC1CO. The first kappa shape index (κ1) is 12.9. The number of aliphatic hydroxyl groups is 2. The smallest absolute Gasteiger partial charge is 0.0603 e. The summed E-state index contributed by atoms with van der Waals surface area (Å²) in [5, 5.41) is 22.1. The van der Waals surface area contributed by atoms with Gasteiger partial charge in [0.1, 0.15) is 0 Å². The van der Waals surface area contributed by atoms with Gasteiger partial charge >= 0.3 is 0 Å². The van der Waals surface area contributed by atoms with Crippen LogP contribution in [0.15, 0.2) is 0 Å². The number of hydrogen-bond acceptors (Lipinski definition) is 3. The van der Waals surface area contributed by atoms with Crippen LogP contribution in [0.3, 0.4) is 0 Å². The van der Waals surface area contributed by atoms with E-state index in [-0.39, 0.29) is 0 Å². The molecule has 0 bridgehead atoms. The second-order valence-corrected chi connectivity index (χ2v) is 5.40. The summed E-state index contributed by atoms with van der Waals surface area (Å²) in [5.74, 6) is 1.14. The molecule has 0 aliphatic heterocycles. The van der Waals surface area contributed by atoms with Gasteiger partial charge in [-0.3, -0.25) is 0 Å². The van der Waals surface area contributed by atoms with Gasteiger partial charge in [-0.05, 0) is 58.0 Å². The molecule has 0 aromatic heterocycles. The summed E-state index contributed by atoms with van der Waals surface area (Å²) in [6.45, 7) is 5.85. The lowest BCUT2D eigenvalue weighted by atomic mass is 9.97. The third kappa shape index (κ3) is 4.96. The Hall–Kier alpha value is -0.120. The molecular weight excluding hydrogens is 190 g/mol. The van der Waals surface area contributed by atoms with Crippen molar-refractivity contribution in [3.8, 4) is 0 Å². The average Bonchev–Trinajstić information content (AvgIpc) is 2.58. The highest BCUT2D eigenvalue weighted by molar-refractivity contribution is 4.79. The van der Waals surface area contributed by atoms with Crippen LogP contribution in [0.2, 0.25) is 0 Å². The lowest BCUT2D eigenvalue weighted by molar-refractivity contribution is 0.0705. The Bertz CT molecular complexity index is 177. The molecule has 1 aliphatic carbocycles. The molecule has 3 heteroatoms. The van der Waals surface area contributed by atoms with Gasteiger partial charge in [0.25, 0.3) is 0 Å². The van der Waals surface area contributed by atoms with Gasteiger partial charge in [-0.25, -0.2) is 0 Å². The summed E-state index contributed by atoms with van der Waals surface area (Å²) >= 11 is 0. The van der Waals surface area contributed by atoms with Crippen molar-refractivity contribution in [1.29, 1.82) is 0 Å². The van der Waals surface area contributed by atoms with Crippen molar-refractivity contribution in [3.63, 3.8) is 0 Å². The number of aliphatic hydroxyl groups excluding tert-OH is 1. The molecule has 0 aromatic rings. The van der Waals surface area contributed by atoms with Gasteiger partial charge in [-0.2, -0.15) is 0 Å². The van der Waals surface area contributed by atoms with Gasteiger partial charge in [0, 0.05) is 6.61 Å². The lowest BCUT2D eigenvalue weighted by Gasteiger charge is -2.20. The molecule has 2 unspecified atom stereocenters. The molecule has 0 saturated heterocycles. The first-order chi connectivity index (χ1) is 7.03. The monoisotopic (exact) mass is 215 g/mol. The Morgan fingerprint density at radius 3 is 2.53 bits per heavy atom. The Labute approximate surface area is 92.9 Å². The normalized spacial score (nSPS) is 27.2. The highest BCUT2D eigenvalue weighted by Crippen LogP contribution is 2.30. The zero-order valence-corrected chi connectivity index (χ0v) is 10.00. The summed E-state index contributed by atoms with van der Waals surface area (Å²) in [6, 6.07) is 0. The maximum atomic E-state index is 9.53. The molecule has 1 fully saturated rings. The topological polar surface area (TPSA) is 52.5 Å². The van der Waals surface area contributed by atoms with E-state index in [1.54, 1.807) is 0 Å². The minimum atomic E-state index is -0.570. The molecule has 0 aromatic carbocycles. The molecule has 0 heterocycles. The largest absolute Gasteiger partial charge is 0.396 e. The Balaban J connectivity index is 2.09. The van der Waals surface area contributed by atoms with E-state index in [0.717, 1.165) is 19.5 Å². The first-order valence-electron chi connectivity index (χ1n) is 6.07. The van der Waals surface area contributed by atoms with Crippen molar-refractivity contribution < 1.29 is 10.2 Å². The van der Waals surface area contributed by atoms with E-state index < -0.39 is 5.60 Å². The molecule has 1 saturated carbocycles. The predicted octanol–water partition coefficient (Wildman–Crippen LogP) is 1.15. The fourth-order valence-electron chi connectivity index (χ4n) is 2.30. The maximum Gasteiger partial charge on any atom is 0.0603 e. The summed E-state index contributed by atoms with van der Waals surface area (Å²) in [5.41, 5.74) is -0.570. The molecular formula is C12H25NO2. The number of nitrogens with one attached hydrogen (secondary N) is 1. The van der Waals surface area contributed by atoms with E-state index >= 15 is 0 Å². The van der Waals surface area contributed by atoms with Crippen molar-refractivity contribution in [2.75, 3.05) is 19.7 Å². The summed E-state index contributed by atoms with van der Waals surface area (Å²) < 4.78 is 0. The van der Waals surface area contributed by atoms with E-state index in [4.69, 9.17) is 5.11 Å². The zero-order chi connectivity index (χ0) is 11.3. The second-order valence-electron chi connectivity index (χ2n) is 5.40. The van der Waals surface area contributed by atoms with Crippen LogP contribution in [0.1, 0.15) is 39.5 Å². The van der Waals surface area contributed by atoms with Gasteiger partial charge < -0.3 is 15.5 Å². The van der Waals surface area contributed by atoms with Crippen LogP contribution in [-0.4, -0.2) is 35.5 Å². The van der Waals surface area contributed by atoms with Crippen LogP contribution in [-0.2, 0) is 0 Å². The molecule has 15 heavy (non-hydrogen) atoms. The quantitative estimate of drug-likeness (QED) is 0.583. The van der Waals surface area contributed by atoms with Crippen LogP contribution in [0.5, 0.6) is 0 Å². The van der Waals surface area contributed by atoms with Crippen LogP contribution in [0, 0.1) is 11.8 Å². The number of rotatable bonds is 6. The molecule has 0 amide bonds. The van der Waals surface area contributed by atoms with Crippen LogP contribution in [0.4, 0.5) is 0 Å². The van der Waals surface area contributed by atoms with E-state index in [1.165, 1.54) is 19.3 Å². The zero-order valence-electron chi connectivity index (χ0n) is 10.00. The predicted molar refractivity (Wildman–Crippen MR) is 61.7 cm³/mol. The minimum absolute atomic E-state index is 0.331. The summed E-state index contributed by atoms with van der Waals surface area (Å²) in [6.07, 6.45) is 4.45. The lowest BCUT2D eigenvalue weighted by Crippen LogP contribution is -2.31. The van der Waals surface area contributed by atoms with Gasteiger partial charge in [0.15, 0.2) is 0 Å². The van der Waals surface area contributed by atoms with Crippen molar-refractivity contribution >= 4 is 0 Å². The van der Waals surface area contributed by atoms with E-state index in [0.29, 0.717) is 18.4 Å². The van der Waals surface area contributed by atoms with Crippen molar-refractivity contribution in [2.24, 2.45) is 11.8 Å². The first-order valence-corrected chi connectivity index (χ1v) is 6.07. The Morgan fingerprint density at radius 1 is 1.27 bits per heavy atom. The molecule has 1 rings (SSSR count). The molecule has 1 aliphatic rings. The van der Waals surface area contributed by atoms with Gasteiger partial charge in [-0.15, -0.1) is 0 Å². The van der Waals surface area contributed by atoms with Crippen LogP contribution >= 0.6 is 0 Å². The van der Waals surface area contributed by atoms with E-state index in [9.17, 15) is 5.11 Å². The molecule has 2 atom stereocenters. The van der Waals surface area contributed by atoms with Crippen molar-refractivity contribution in [3.05, 3.63) is 0 Å². The highest BCUT2D eigenvalue weighted by Gasteiger charge is 2.26. The van der Waals surface area contributed by atoms with Gasteiger partial charge in [0.05, 0.1) is 5.60 Å². The van der Waals surface area contributed by atoms with Crippen molar-refractivity contribution in [1.82, 2.24) is 5.32 Å². The minimum Gasteiger partial charge on any atom is -0.396 e. The third-order valence-electron chi connectivity index (χ3n) is 3.37. The molecule has 0 radical (unpaired) electrons. The summed E-state index contributed by atoms with van der Waals surface area (Å²) in [7, 11) is 0. The standard InChI is InChI=1S/C12H25NO2/c1-12(2,15)6-7-13-8-10-4-3-5-11(10)9-14/h10-11,13-15H,3-9H2,1-2H3.